The molecule has 0 heterocycles. The van der Waals surface area contributed by atoms with Gasteiger partial charge >= 0.3 is 0 Å². The van der Waals surface area contributed by atoms with Crippen LogP contribution in [0, 0.1) is 6.92 Å². The molecule has 3 aromatic carbocycles. The van der Waals surface area contributed by atoms with Crippen molar-refractivity contribution in [3.05, 3.63) is 76.8 Å². The molecule has 186 valence electrons. The monoisotopic (exact) mass is 518 g/mol. The Labute approximate surface area is 210 Å². The van der Waals surface area contributed by atoms with Gasteiger partial charge in [0.05, 0.1) is 27.0 Å². The highest BCUT2D eigenvalue weighted by atomic mass is 35.5. The van der Waals surface area contributed by atoms with E-state index >= 15 is 0 Å². The quantitative estimate of drug-likeness (QED) is 0.432. The zero-order valence-corrected chi connectivity index (χ0v) is 21.4. The van der Waals surface area contributed by atoms with E-state index in [1.807, 2.05) is 0 Å². The predicted molar refractivity (Wildman–Crippen MR) is 135 cm³/mol. The number of hydrogen-bond donors (Lipinski definition) is 1. The van der Waals surface area contributed by atoms with E-state index in [4.69, 9.17) is 25.8 Å². The fourth-order valence-corrected chi connectivity index (χ4v) is 5.19. The number of benzene rings is 3. The minimum Gasteiger partial charge on any atom is -0.495 e. The SMILES string of the molecule is COc1ccc(CNC(=O)CN(c2ccc(Cl)cc2)S(=O)(=O)c2cc(C)ccc2OC)cc1OC. The van der Waals surface area contributed by atoms with E-state index in [-0.39, 0.29) is 17.2 Å². The van der Waals surface area contributed by atoms with Gasteiger partial charge in [0.25, 0.3) is 10.0 Å². The van der Waals surface area contributed by atoms with Crippen molar-refractivity contribution in [1.82, 2.24) is 5.32 Å². The summed E-state index contributed by atoms with van der Waals surface area (Å²) in [5.41, 5.74) is 1.79. The lowest BCUT2D eigenvalue weighted by atomic mass is 10.2. The van der Waals surface area contributed by atoms with Crippen molar-refractivity contribution in [1.29, 1.82) is 0 Å². The van der Waals surface area contributed by atoms with Crippen molar-refractivity contribution < 1.29 is 27.4 Å². The second-order valence-corrected chi connectivity index (χ2v) is 9.88. The Morgan fingerprint density at radius 1 is 0.886 bits per heavy atom. The molecule has 0 aliphatic carbocycles. The van der Waals surface area contributed by atoms with Crippen LogP contribution in [0.2, 0.25) is 5.02 Å². The molecule has 0 aliphatic rings. The van der Waals surface area contributed by atoms with Crippen LogP contribution in [0.4, 0.5) is 5.69 Å². The number of carbonyl (C=O) groups is 1. The first-order chi connectivity index (χ1) is 16.7. The number of anilines is 1. The summed E-state index contributed by atoms with van der Waals surface area (Å²) in [6, 6.07) is 16.3. The van der Waals surface area contributed by atoms with Gasteiger partial charge in [0.15, 0.2) is 11.5 Å². The molecule has 0 saturated heterocycles. The smallest absolute Gasteiger partial charge is 0.268 e. The molecule has 1 N–H and O–H groups in total. The lowest BCUT2D eigenvalue weighted by Gasteiger charge is -2.25. The molecule has 0 unspecified atom stereocenters. The third kappa shape index (κ3) is 6.17. The Morgan fingerprint density at radius 2 is 1.51 bits per heavy atom. The first-order valence-electron chi connectivity index (χ1n) is 10.6. The van der Waals surface area contributed by atoms with Gasteiger partial charge in [-0.3, -0.25) is 9.10 Å². The summed E-state index contributed by atoms with van der Waals surface area (Å²) in [5, 5.41) is 3.21. The van der Waals surface area contributed by atoms with Gasteiger partial charge in [-0.15, -0.1) is 0 Å². The van der Waals surface area contributed by atoms with E-state index in [9.17, 15) is 13.2 Å². The number of nitrogens with zero attached hydrogens (tertiary/aromatic N) is 1. The second-order valence-electron chi connectivity index (χ2n) is 7.61. The number of rotatable bonds is 10. The lowest BCUT2D eigenvalue weighted by molar-refractivity contribution is -0.119. The fourth-order valence-electron chi connectivity index (χ4n) is 3.40. The molecule has 0 fully saturated rings. The molecule has 0 aliphatic heterocycles. The van der Waals surface area contributed by atoms with Gasteiger partial charge < -0.3 is 19.5 Å². The zero-order valence-electron chi connectivity index (χ0n) is 19.9. The molecule has 0 radical (unpaired) electrons. The average Bonchev–Trinajstić information content (AvgIpc) is 2.86. The number of amides is 1. The standard InChI is InChI=1S/C25H27ClN2O6S/c1-17-5-11-22(33-3)24(13-17)35(30,31)28(20-9-7-19(26)8-10-20)16-25(29)27-15-18-6-12-21(32-2)23(14-18)34-4/h5-14H,15-16H2,1-4H3,(H,27,29). The molecule has 3 aromatic rings. The maximum Gasteiger partial charge on any atom is 0.268 e. The molecule has 0 atom stereocenters. The maximum atomic E-state index is 13.7. The first kappa shape index (κ1) is 26.2. The number of hydrogen-bond acceptors (Lipinski definition) is 6. The summed E-state index contributed by atoms with van der Waals surface area (Å²) in [6.07, 6.45) is 0. The molecule has 0 saturated carbocycles. The van der Waals surface area contributed by atoms with Crippen molar-refractivity contribution in [3.63, 3.8) is 0 Å². The number of aryl methyl sites for hydroxylation is 1. The van der Waals surface area contributed by atoms with Crippen LogP contribution < -0.4 is 23.8 Å². The largest absolute Gasteiger partial charge is 0.495 e. The van der Waals surface area contributed by atoms with Gasteiger partial charge in [0.1, 0.15) is 17.2 Å². The molecule has 8 nitrogen and oxygen atoms in total. The van der Waals surface area contributed by atoms with E-state index in [1.165, 1.54) is 27.4 Å². The van der Waals surface area contributed by atoms with E-state index < -0.39 is 22.5 Å². The highest BCUT2D eigenvalue weighted by molar-refractivity contribution is 7.93. The molecular weight excluding hydrogens is 492 g/mol. The average molecular weight is 519 g/mol. The van der Waals surface area contributed by atoms with Crippen LogP contribution in [0.3, 0.4) is 0 Å². The van der Waals surface area contributed by atoms with Gasteiger partial charge in [-0.1, -0.05) is 23.7 Å². The third-order valence-electron chi connectivity index (χ3n) is 5.23. The maximum absolute atomic E-state index is 13.7. The van der Waals surface area contributed by atoms with Crippen molar-refractivity contribution in [2.75, 3.05) is 32.2 Å². The molecule has 0 aromatic heterocycles. The highest BCUT2D eigenvalue weighted by Gasteiger charge is 2.30. The number of ether oxygens (including phenoxy) is 3. The Morgan fingerprint density at radius 3 is 2.14 bits per heavy atom. The zero-order chi connectivity index (χ0) is 25.6. The van der Waals surface area contributed by atoms with E-state index in [1.54, 1.807) is 61.5 Å². The highest BCUT2D eigenvalue weighted by Crippen LogP contribution is 2.31. The normalized spacial score (nSPS) is 11.0. The van der Waals surface area contributed by atoms with Crippen LogP contribution in [0.15, 0.2) is 65.6 Å². The van der Waals surface area contributed by atoms with Crippen LogP contribution in [-0.2, 0) is 21.4 Å². The Hall–Kier alpha value is -3.43. The second kappa shape index (κ2) is 11.3. The molecule has 1 amide bonds. The molecule has 35 heavy (non-hydrogen) atoms. The number of methoxy groups -OCH3 is 3. The minimum absolute atomic E-state index is 0.0392. The Bertz CT molecular complexity index is 1300. The van der Waals surface area contributed by atoms with Gasteiger partial charge in [-0.2, -0.15) is 0 Å². The number of sulfonamides is 1. The summed E-state index contributed by atoms with van der Waals surface area (Å²) in [4.78, 5) is 12.9. The summed E-state index contributed by atoms with van der Waals surface area (Å²) in [6.45, 7) is 1.50. The topological polar surface area (TPSA) is 94.2 Å². The molecule has 3 rings (SSSR count). The van der Waals surface area contributed by atoms with Crippen molar-refractivity contribution in [2.45, 2.75) is 18.4 Å². The van der Waals surface area contributed by atoms with Gasteiger partial charge in [0.2, 0.25) is 5.91 Å². The van der Waals surface area contributed by atoms with Crippen molar-refractivity contribution in [3.8, 4) is 17.2 Å². The van der Waals surface area contributed by atoms with Gasteiger partial charge in [-0.05, 0) is 66.6 Å². The van der Waals surface area contributed by atoms with Gasteiger partial charge in [0, 0.05) is 11.6 Å². The fraction of sp³-hybridized carbons (Fsp3) is 0.240. The molecular formula is C25H27ClN2O6S. The van der Waals surface area contributed by atoms with Crippen LogP contribution in [0.1, 0.15) is 11.1 Å². The summed E-state index contributed by atoms with van der Waals surface area (Å²) < 4.78 is 44.3. The third-order valence-corrected chi connectivity index (χ3v) is 7.27. The van der Waals surface area contributed by atoms with E-state index in [2.05, 4.69) is 5.32 Å². The summed E-state index contributed by atoms with van der Waals surface area (Å²) in [5.74, 6) is 0.774. The van der Waals surface area contributed by atoms with E-state index in [0.717, 1.165) is 15.4 Å². The van der Waals surface area contributed by atoms with Crippen molar-refractivity contribution >= 4 is 33.2 Å². The predicted octanol–water partition coefficient (Wildman–Crippen LogP) is 4.19. The van der Waals surface area contributed by atoms with Crippen LogP contribution in [0.5, 0.6) is 17.2 Å². The van der Waals surface area contributed by atoms with Gasteiger partial charge in [-0.25, -0.2) is 8.42 Å². The number of halogens is 1. The van der Waals surface area contributed by atoms with Crippen LogP contribution in [0.25, 0.3) is 0 Å². The Balaban J connectivity index is 1.89. The summed E-state index contributed by atoms with van der Waals surface area (Å²) >= 11 is 6.00. The Kier molecular flexibility index (Phi) is 8.48. The minimum atomic E-state index is -4.16. The summed E-state index contributed by atoms with van der Waals surface area (Å²) in [7, 11) is 0.291. The van der Waals surface area contributed by atoms with E-state index in [0.29, 0.717) is 22.2 Å². The van der Waals surface area contributed by atoms with Crippen LogP contribution in [-0.4, -0.2) is 42.2 Å². The molecule has 10 heteroatoms. The lowest BCUT2D eigenvalue weighted by Crippen LogP contribution is -2.40. The number of carbonyl (C=O) groups excluding carboxylic acids is 1. The first-order valence-corrected chi connectivity index (χ1v) is 12.4. The molecule has 0 spiro atoms. The van der Waals surface area contributed by atoms with Crippen LogP contribution >= 0.6 is 11.6 Å². The van der Waals surface area contributed by atoms with Crippen molar-refractivity contribution in [2.24, 2.45) is 0 Å². The number of nitrogens with one attached hydrogen (secondary N) is 1. The molecule has 0 bridgehead atoms.